The molecule has 5 nitrogen and oxygen atoms in total. The highest BCUT2D eigenvalue weighted by Gasteiger charge is 2.12. The maximum Gasteiger partial charge on any atom is 0.277 e. The van der Waals surface area contributed by atoms with Gasteiger partial charge in [0.25, 0.3) is 5.22 Å². The van der Waals surface area contributed by atoms with Crippen molar-refractivity contribution in [3.63, 3.8) is 0 Å². The van der Waals surface area contributed by atoms with Crippen molar-refractivity contribution in [1.29, 1.82) is 0 Å². The second kappa shape index (κ2) is 8.18. The van der Waals surface area contributed by atoms with Crippen molar-refractivity contribution in [3.05, 3.63) is 64.7 Å². The third kappa shape index (κ3) is 4.61. The summed E-state index contributed by atoms with van der Waals surface area (Å²) in [4.78, 5) is 12.0. The summed E-state index contributed by atoms with van der Waals surface area (Å²) in [5, 5.41) is 11.9. The molecule has 0 unspecified atom stereocenters. The Bertz CT molecular complexity index is 882. The van der Waals surface area contributed by atoms with Crippen molar-refractivity contribution in [2.75, 3.05) is 5.75 Å². The number of halogens is 1. The summed E-state index contributed by atoms with van der Waals surface area (Å²) in [6.07, 6.45) is 0. The number of nitrogens with zero attached hydrogens (tertiary/aromatic N) is 2. The Labute approximate surface area is 154 Å². The molecule has 0 aliphatic heterocycles. The van der Waals surface area contributed by atoms with Crippen LogP contribution in [0.3, 0.4) is 0 Å². The van der Waals surface area contributed by atoms with E-state index in [0.717, 1.165) is 16.7 Å². The number of hydrogen-bond acceptors (Lipinski definition) is 5. The summed E-state index contributed by atoms with van der Waals surface area (Å²) in [7, 11) is 0. The highest BCUT2D eigenvalue weighted by atomic mass is 35.5. The number of aromatic nitrogens is 2. The Balaban J connectivity index is 1.53. The maximum absolute atomic E-state index is 12.0. The van der Waals surface area contributed by atoms with Gasteiger partial charge in [-0.2, -0.15) is 0 Å². The minimum atomic E-state index is -0.124. The summed E-state index contributed by atoms with van der Waals surface area (Å²) < 4.78 is 5.62. The summed E-state index contributed by atoms with van der Waals surface area (Å²) in [5.41, 5.74) is 2.83. The predicted octanol–water partition coefficient (Wildman–Crippen LogP) is 4.11. The van der Waals surface area contributed by atoms with Crippen molar-refractivity contribution in [3.8, 4) is 11.5 Å². The molecule has 1 amide bonds. The molecule has 128 valence electrons. The van der Waals surface area contributed by atoms with E-state index in [0.29, 0.717) is 22.7 Å². The first-order chi connectivity index (χ1) is 12.1. The zero-order valence-electron chi connectivity index (χ0n) is 13.5. The highest BCUT2D eigenvalue weighted by molar-refractivity contribution is 7.99. The average molecular weight is 374 g/mol. The zero-order chi connectivity index (χ0) is 17.6. The normalized spacial score (nSPS) is 10.6. The molecule has 3 rings (SSSR count). The van der Waals surface area contributed by atoms with E-state index in [4.69, 9.17) is 16.0 Å². The first kappa shape index (κ1) is 17.5. The van der Waals surface area contributed by atoms with E-state index in [1.54, 1.807) is 6.07 Å². The van der Waals surface area contributed by atoms with Crippen LogP contribution in [0.25, 0.3) is 11.5 Å². The fourth-order valence-electron chi connectivity index (χ4n) is 2.20. The Morgan fingerprint density at radius 2 is 1.92 bits per heavy atom. The number of nitrogens with one attached hydrogen (secondary N) is 1. The lowest BCUT2D eigenvalue weighted by Gasteiger charge is -2.05. The van der Waals surface area contributed by atoms with Gasteiger partial charge >= 0.3 is 0 Å². The lowest BCUT2D eigenvalue weighted by molar-refractivity contribution is -0.118. The minimum Gasteiger partial charge on any atom is -0.411 e. The Morgan fingerprint density at radius 3 is 2.72 bits per heavy atom. The topological polar surface area (TPSA) is 68.0 Å². The van der Waals surface area contributed by atoms with Gasteiger partial charge in [0, 0.05) is 17.1 Å². The fourth-order valence-corrected chi connectivity index (χ4v) is 3.00. The van der Waals surface area contributed by atoms with Gasteiger partial charge in [-0.3, -0.25) is 4.79 Å². The van der Waals surface area contributed by atoms with E-state index in [-0.39, 0.29) is 11.7 Å². The number of thioether (sulfide) groups is 1. The quantitative estimate of drug-likeness (QED) is 0.658. The van der Waals surface area contributed by atoms with Gasteiger partial charge in [-0.1, -0.05) is 59.8 Å². The number of aryl methyl sites for hydroxylation is 1. The number of rotatable bonds is 6. The van der Waals surface area contributed by atoms with Crippen molar-refractivity contribution in [2.45, 2.75) is 18.7 Å². The zero-order valence-corrected chi connectivity index (χ0v) is 15.1. The molecule has 0 fully saturated rings. The second-order valence-corrected chi connectivity index (χ2v) is 6.68. The first-order valence-corrected chi connectivity index (χ1v) is 9.02. The molecule has 0 saturated carbocycles. The monoisotopic (exact) mass is 373 g/mol. The molecule has 7 heteroatoms. The lowest BCUT2D eigenvalue weighted by Crippen LogP contribution is -2.24. The molecule has 0 radical (unpaired) electrons. The van der Waals surface area contributed by atoms with Crippen LogP contribution in [-0.2, 0) is 11.3 Å². The van der Waals surface area contributed by atoms with Crippen LogP contribution in [0, 0.1) is 6.92 Å². The molecule has 0 bridgehead atoms. The maximum atomic E-state index is 12.0. The molecule has 2 aromatic carbocycles. The summed E-state index contributed by atoms with van der Waals surface area (Å²) >= 11 is 7.27. The standard InChI is InChI=1S/C18H16ClN3O2S/c1-12-6-2-4-8-14(12)17-21-22-18(24-17)25-11-16(23)20-10-13-7-3-5-9-15(13)19/h2-9H,10-11H2,1H3,(H,20,23). The highest BCUT2D eigenvalue weighted by Crippen LogP contribution is 2.25. The largest absolute Gasteiger partial charge is 0.411 e. The molecule has 0 atom stereocenters. The Kier molecular flexibility index (Phi) is 5.73. The molecular formula is C18H16ClN3O2S. The first-order valence-electron chi connectivity index (χ1n) is 7.66. The van der Waals surface area contributed by atoms with Gasteiger partial charge in [0.1, 0.15) is 0 Å². The van der Waals surface area contributed by atoms with Gasteiger partial charge in [-0.15, -0.1) is 10.2 Å². The van der Waals surface area contributed by atoms with Crippen LogP contribution in [-0.4, -0.2) is 21.9 Å². The molecule has 1 aromatic heterocycles. The van der Waals surface area contributed by atoms with Gasteiger partial charge < -0.3 is 9.73 Å². The van der Waals surface area contributed by atoms with E-state index in [1.807, 2.05) is 49.4 Å². The molecule has 1 heterocycles. The number of amides is 1. The SMILES string of the molecule is Cc1ccccc1-c1nnc(SCC(=O)NCc2ccccc2Cl)o1. The van der Waals surface area contributed by atoms with E-state index in [2.05, 4.69) is 15.5 Å². The number of benzene rings is 2. The van der Waals surface area contributed by atoms with Crippen LogP contribution in [0.5, 0.6) is 0 Å². The van der Waals surface area contributed by atoms with Gasteiger partial charge in [-0.05, 0) is 30.2 Å². The molecular weight excluding hydrogens is 358 g/mol. The van der Waals surface area contributed by atoms with Crippen molar-refractivity contribution in [1.82, 2.24) is 15.5 Å². The van der Waals surface area contributed by atoms with Crippen LogP contribution in [0.1, 0.15) is 11.1 Å². The third-order valence-corrected chi connectivity index (χ3v) is 4.73. The second-order valence-electron chi connectivity index (χ2n) is 5.34. The molecule has 0 aliphatic rings. The van der Waals surface area contributed by atoms with Crippen LogP contribution >= 0.6 is 23.4 Å². The van der Waals surface area contributed by atoms with Gasteiger partial charge in [0.15, 0.2) is 0 Å². The van der Waals surface area contributed by atoms with Crippen molar-refractivity contribution >= 4 is 29.3 Å². The Morgan fingerprint density at radius 1 is 1.16 bits per heavy atom. The summed E-state index contributed by atoms with van der Waals surface area (Å²) in [6.45, 7) is 2.37. The molecule has 25 heavy (non-hydrogen) atoms. The third-order valence-electron chi connectivity index (χ3n) is 3.54. The van der Waals surface area contributed by atoms with E-state index in [1.165, 1.54) is 11.8 Å². The fraction of sp³-hybridized carbons (Fsp3) is 0.167. The van der Waals surface area contributed by atoms with Crippen LogP contribution in [0.2, 0.25) is 5.02 Å². The van der Waals surface area contributed by atoms with Crippen LogP contribution in [0.15, 0.2) is 58.2 Å². The van der Waals surface area contributed by atoms with E-state index < -0.39 is 0 Å². The average Bonchev–Trinajstić information content (AvgIpc) is 3.08. The Hall–Kier alpha value is -2.31. The number of carbonyl (C=O) groups excluding carboxylic acids is 1. The number of carbonyl (C=O) groups is 1. The molecule has 0 aliphatic carbocycles. The summed E-state index contributed by atoms with van der Waals surface area (Å²) in [5.74, 6) is 0.525. The lowest BCUT2D eigenvalue weighted by atomic mass is 10.1. The van der Waals surface area contributed by atoms with Crippen LogP contribution < -0.4 is 5.32 Å². The smallest absolute Gasteiger partial charge is 0.277 e. The minimum absolute atomic E-state index is 0.124. The number of hydrogen-bond donors (Lipinski definition) is 1. The van der Waals surface area contributed by atoms with Crippen LogP contribution in [0.4, 0.5) is 0 Å². The molecule has 0 saturated heterocycles. The molecule has 0 spiro atoms. The van der Waals surface area contributed by atoms with Gasteiger partial charge in [0.05, 0.1) is 5.75 Å². The van der Waals surface area contributed by atoms with Crippen molar-refractivity contribution in [2.24, 2.45) is 0 Å². The van der Waals surface area contributed by atoms with E-state index in [9.17, 15) is 4.79 Å². The van der Waals surface area contributed by atoms with Gasteiger partial charge in [0.2, 0.25) is 11.8 Å². The summed E-state index contributed by atoms with van der Waals surface area (Å²) in [6, 6.07) is 15.2. The van der Waals surface area contributed by atoms with Gasteiger partial charge in [-0.25, -0.2) is 0 Å². The molecule has 1 N–H and O–H groups in total. The van der Waals surface area contributed by atoms with E-state index >= 15 is 0 Å². The predicted molar refractivity (Wildman–Crippen MR) is 98.5 cm³/mol. The van der Waals surface area contributed by atoms with Crippen molar-refractivity contribution < 1.29 is 9.21 Å². The molecule has 3 aromatic rings.